The van der Waals surface area contributed by atoms with Crippen LogP contribution in [0.2, 0.25) is 0 Å². The lowest BCUT2D eigenvalue weighted by atomic mass is 10.1. The Hall–Kier alpha value is -1.53. The zero-order valence-corrected chi connectivity index (χ0v) is 9.03. The summed E-state index contributed by atoms with van der Waals surface area (Å²) in [7, 11) is 0. The molecule has 3 heteroatoms. The molecule has 0 radical (unpaired) electrons. The van der Waals surface area contributed by atoms with E-state index in [0.29, 0.717) is 24.3 Å². The largest absolute Gasteiger partial charge is 0.492 e. The van der Waals surface area contributed by atoms with E-state index >= 15 is 0 Å². The third kappa shape index (κ3) is 4.01. The summed E-state index contributed by atoms with van der Waals surface area (Å²) in [5.41, 5.74) is -0.213. The molecule has 80 valence electrons. The molecule has 15 heavy (non-hydrogen) atoms. The van der Waals surface area contributed by atoms with Gasteiger partial charge in [0.2, 0.25) is 0 Å². The van der Waals surface area contributed by atoms with E-state index in [1.165, 1.54) is 0 Å². The van der Waals surface area contributed by atoms with Gasteiger partial charge in [0, 0.05) is 6.42 Å². The van der Waals surface area contributed by atoms with E-state index < -0.39 is 5.60 Å². The molecule has 0 spiro atoms. The number of hydrogen-bond donors (Lipinski definition) is 1. The number of nitriles is 1. The first-order valence-electron chi connectivity index (χ1n) is 4.87. The van der Waals surface area contributed by atoms with E-state index in [2.05, 4.69) is 6.07 Å². The Morgan fingerprint density at radius 2 is 2.07 bits per heavy atom. The second-order valence-electron chi connectivity index (χ2n) is 4.02. The summed E-state index contributed by atoms with van der Waals surface area (Å²) in [5, 5.41) is 18.3. The Labute approximate surface area is 89.9 Å². The van der Waals surface area contributed by atoms with Gasteiger partial charge in [0.25, 0.3) is 0 Å². The maximum absolute atomic E-state index is 9.48. The summed E-state index contributed by atoms with van der Waals surface area (Å²) in [5.74, 6) is 0.573. The van der Waals surface area contributed by atoms with Crippen LogP contribution in [0.25, 0.3) is 0 Å². The number of ether oxygens (including phenoxy) is 1. The van der Waals surface area contributed by atoms with Crippen LogP contribution in [-0.2, 0) is 0 Å². The van der Waals surface area contributed by atoms with E-state index in [1.54, 1.807) is 32.0 Å². The van der Waals surface area contributed by atoms with Gasteiger partial charge in [-0.2, -0.15) is 5.26 Å². The predicted octanol–water partition coefficient (Wildman–Crippen LogP) is 2.10. The monoisotopic (exact) mass is 205 g/mol. The average molecular weight is 205 g/mol. The fourth-order valence-electron chi connectivity index (χ4n) is 1.10. The van der Waals surface area contributed by atoms with Crippen molar-refractivity contribution >= 4 is 0 Å². The molecule has 0 bridgehead atoms. The Balaban J connectivity index is 2.55. The summed E-state index contributed by atoms with van der Waals surface area (Å²) >= 11 is 0. The molecule has 0 saturated carbocycles. The summed E-state index contributed by atoms with van der Waals surface area (Å²) in [4.78, 5) is 0. The molecular weight excluding hydrogens is 190 g/mol. The molecule has 0 fully saturated rings. The quantitative estimate of drug-likeness (QED) is 0.818. The highest BCUT2D eigenvalue weighted by molar-refractivity contribution is 5.42. The van der Waals surface area contributed by atoms with Gasteiger partial charge < -0.3 is 9.84 Å². The van der Waals surface area contributed by atoms with Gasteiger partial charge in [0.15, 0.2) is 0 Å². The maximum atomic E-state index is 9.48. The molecule has 0 amide bonds. The van der Waals surface area contributed by atoms with Crippen molar-refractivity contribution in [1.82, 2.24) is 0 Å². The lowest BCUT2D eigenvalue weighted by Gasteiger charge is -2.17. The van der Waals surface area contributed by atoms with Gasteiger partial charge in [-0.3, -0.25) is 0 Å². The number of hydrogen-bond acceptors (Lipinski definition) is 3. The van der Waals surface area contributed by atoms with E-state index in [-0.39, 0.29) is 0 Å². The number of para-hydroxylation sites is 1. The van der Waals surface area contributed by atoms with E-state index in [1.807, 2.05) is 6.07 Å². The zero-order valence-electron chi connectivity index (χ0n) is 9.03. The van der Waals surface area contributed by atoms with Crippen LogP contribution in [0.15, 0.2) is 24.3 Å². The second kappa shape index (κ2) is 4.81. The third-order valence-corrected chi connectivity index (χ3v) is 1.98. The van der Waals surface area contributed by atoms with Crippen LogP contribution in [-0.4, -0.2) is 17.3 Å². The van der Waals surface area contributed by atoms with Gasteiger partial charge in [-0.05, 0) is 26.0 Å². The molecule has 0 aliphatic rings. The number of nitrogens with zero attached hydrogens (tertiary/aromatic N) is 1. The molecule has 0 saturated heterocycles. The second-order valence-corrected chi connectivity index (χ2v) is 4.02. The molecule has 1 aromatic carbocycles. The SMILES string of the molecule is CC(C)(O)CCOc1ccccc1C#N. The fraction of sp³-hybridized carbons (Fsp3) is 0.417. The zero-order chi connectivity index (χ0) is 11.3. The third-order valence-electron chi connectivity index (χ3n) is 1.98. The summed E-state index contributed by atoms with van der Waals surface area (Å²) in [6, 6.07) is 9.13. The highest BCUT2D eigenvalue weighted by Crippen LogP contribution is 2.17. The highest BCUT2D eigenvalue weighted by atomic mass is 16.5. The molecule has 3 nitrogen and oxygen atoms in total. The Morgan fingerprint density at radius 3 is 2.67 bits per heavy atom. The van der Waals surface area contributed by atoms with Crippen LogP contribution in [0.5, 0.6) is 5.75 Å². The number of aliphatic hydroxyl groups is 1. The van der Waals surface area contributed by atoms with Crippen LogP contribution in [0.4, 0.5) is 0 Å². The van der Waals surface area contributed by atoms with Crippen LogP contribution >= 0.6 is 0 Å². The Bertz CT molecular complexity index is 361. The van der Waals surface area contributed by atoms with E-state index in [0.717, 1.165) is 0 Å². The van der Waals surface area contributed by atoms with Crippen LogP contribution in [0.1, 0.15) is 25.8 Å². The van der Waals surface area contributed by atoms with Gasteiger partial charge in [-0.25, -0.2) is 0 Å². The van der Waals surface area contributed by atoms with Crippen LogP contribution in [0, 0.1) is 11.3 Å². The molecular formula is C12H15NO2. The van der Waals surface area contributed by atoms with Crippen molar-refractivity contribution in [3.05, 3.63) is 29.8 Å². The molecule has 0 aromatic heterocycles. The minimum atomic E-state index is -0.735. The maximum Gasteiger partial charge on any atom is 0.137 e. The number of rotatable bonds is 4. The summed E-state index contributed by atoms with van der Waals surface area (Å²) < 4.78 is 5.42. The average Bonchev–Trinajstić information content (AvgIpc) is 2.16. The first kappa shape index (κ1) is 11.5. The van der Waals surface area contributed by atoms with Crippen molar-refractivity contribution in [3.63, 3.8) is 0 Å². The lowest BCUT2D eigenvalue weighted by Crippen LogP contribution is -2.21. The summed E-state index contributed by atoms with van der Waals surface area (Å²) in [6.45, 7) is 3.86. The Kier molecular flexibility index (Phi) is 3.70. The van der Waals surface area contributed by atoms with Gasteiger partial charge in [-0.15, -0.1) is 0 Å². The topological polar surface area (TPSA) is 53.2 Å². The first-order valence-corrected chi connectivity index (χ1v) is 4.87. The van der Waals surface area contributed by atoms with Gasteiger partial charge in [0.1, 0.15) is 11.8 Å². The van der Waals surface area contributed by atoms with Crippen LogP contribution in [0.3, 0.4) is 0 Å². The molecule has 0 heterocycles. The lowest BCUT2D eigenvalue weighted by molar-refractivity contribution is 0.0553. The van der Waals surface area contributed by atoms with Crippen molar-refractivity contribution in [2.45, 2.75) is 25.9 Å². The van der Waals surface area contributed by atoms with Crippen LogP contribution < -0.4 is 4.74 Å². The molecule has 1 aromatic rings. The molecule has 0 atom stereocenters. The van der Waals surface area contributed by atoms with Crippen molar-refractivity contribution in [2.24, 2.45) is 0 Å². The van der Waals surface area contributed by atoms with Crippen molar-refractivity contribution < 1.29 is 9.84 Å². The molecule has 1 N–H and O–H groups in total. The van der Waals surface area contributed by atoms with Crippen molar-refractivity contribution in [1.29, 1.82) is 5.26 Å². The van der Waals surface area contributed by atoms with Gasteiger partial charge in [0.05, 0.1) is 17.8 Å². The standard InChI is InChI=1S/C12H15NO2/c1-12(2,14)7-8-15-11-6-4-3-5-10(11)9-13/h3-6,14H,7-8H2,1-2H3. The van der Waals surface area contributed by atoms with Crippen molar-refractivity contribution in [3.8, 4) is 11.8 Å². The Morgan fingerprint density at radius 1 is 1.40 bits per heavy atom. The molecule has 0 unspecified atom stereocenters. The smallest absolute Gasteiger partial charge is 0.137 e. The molecule has 0 aliphatic carbocycles. The highest BCUT2D eigenvalue weighted by Gasteiger charge is 2.12. The molecule has 0 aliphatic heterocycles. The normalized spacial score (nSPS) is 10.8. The fourth-order valence-corrected chi connectivity index (χ4v) is 1.10. The minimum absolute atomic E-state index is 0.405. The van der Waals surface area contributed by atoms with E-state index in [4.69, 9.17) is 10.00 Å². The van der Waals surface area contributed by atoms with Gasteiger partial charge in [-0.1, -0.05) is 12.1 Å². The minimum Gasteiger partial charge on any atom is -0.492 e. The first-order chi connectivity index (χ1) is 7.03. The predicted molar refractivity (Wildman–Crippen MR) is 57.6 cm³/mol. The number of benzene rings is 1. The molecule has 1 rings (SSSR count). The summed E-state index contributed by atoms with van der Waals surface area (Å²) in [6.07, 6.45) is 0.534. The van der Waals surface area contributed by atoms with E-state index in [9.17, 15) is 5.11 Å². The van der Waals surface area contributed by atoms with Gasteiger partial charge >= 0.3 is 0 Å². The van der Waals surface area contributed by atoms with Crippen molar-refractivity contribution in [2.75, 3.05) is 6.61 Å².